The van der Waals surface area contributed by atoms with Gasteiger partial charge in [-0.15, -0.1) is 11.3 Å². The van der Waals surface area contributed by atoms with Gasteiger partial charge in [-0.3, -0.25) is 0 Å². The molecule has 1 heterocycles. The molecular formula is C15H19NOS. The number of hydrogen-bond acceptors (Lipinski definition) is 3. The van der Waals surface area contributed by atoms with Crippen LogP contribution in [0.15, 0.2) is 47.8 Å². The van der Waals surface area contributed by atoms with Gasteiger partial charge in [0.05, 0.1) is 11.1 Å². The van der Waals surface area contributed by atoms with E-state index in [2.05, 4.69) is 11.4 Å². The van der Waals surface area contributed by atoms with Crippen LogP contribution in [0.25, 0.3) is 0 Å². The fraction of sp³-hybridized carbons (Fsp3) is 0.333. The minimum Gasteiger partial charge on any atom is -0.388 e. The first-order chi connectivity index (χ1) is 8.43. The van der Waals surface area contributed by atoms with Crippen molar-refractivity contribution >= 4 is 17.0 Å². The second-order valence-corrected chi connectivity index (χ2v) is 6.10. The summed E-state index contributed by atoms with van der Waals surface area (Å²) in [6.45, 7) is 5.71. The lowest BCUT2D eigenvalue weighted by Gasteiger charge is -2.41. The van der Waals surface area contributed by atoms with Crippen molar-refractivity contribution in [2.24, 2.45) is 0 Å². The van der Waals surface area contributed by atoms with Crippen molar-refractivity contribution in [2.45, 2.75) is 31.9 Å². The van der Waals surface area contributed by atoms with Crippen LogP contribution in [-0.4, -0.2) is 10.7 Å². The van der Waals surface area contributed by atoms with Crippen LogP contribution in [0.1, 0.15) is 25.6 Å². The fourth-order valence-corrected chi connectivity index (χ4v) is 2.89. The van der Waals surface area contributed by atoms with Crippen molar-refractivity contribution in [3.63, 3.8) is 0 Å². The molecule has 3 heteroatoms. The number of benzene rings is 1. The van der Waals surface area contributed by atoms with E-state index < -0.39 is 11.1 Å². The molecule has 1 atom stereocenters. The normalized spacial score (nSPS) is 15.1. The largest absolute Gasteiger partial charge is 0.388 e. The van der Waals surface area contributed by atoms with Gasteiger partial charge in [0.1, 0.15) is 0 Å². The average molecular weight is 261 g/mol. The Hall–Kier alpha value is -1.32. The lowest BCUT2D eigenvalue weighted by molar-refractivity contribution is 0.0156. The summed E-state index contributed by atoms with van der Waals surface area (Å²) in [5.74, 6) is 0. The number of rotatable bonds is 4. The van der Waals surface area contributed by atoms with E-state index in [0.717, 1.165) is 10.6 Å². The van der Waals surface area contributed by atoms with Gasteiger partial charge in [0, 0.05) is 10.6 Å². The van der Waals surface area contributed by atoms with Crippen molar-refractivity contribution in [1.29, 1.82) is 0 Å². The van der Waals surface area contributed by atoms with E-state index in [1.165, 1.54) is 0 Å². The van der Waals surface area contributed by atoms with Crippen molar-refractivity contribution < 1.29 is 5.11 Å². The van der Waals surface area contributed by atoms with E-state index in [9.17, 15) is 5.11 Å². The fourth-order valence-electron chi connectivity index (χ4n) is 1.89. The van der Waals surface area contributed by atoms with Crippen LogP contribution in [0.4, 0.5) is 5.69 Å². The summed E-state index contributed by atoms with van der Waals surface area (Å²) in [4.78, 5) is 1.12. The van der Waals surface area contributed by atoms with Crippen molar-refractivity contribution in [3.05, 3.63) is 52.7 Å². The number of aliphatic hydroxyl groups is 1. The summed E-state index contributed by atoms with van der Waals surface area (Å²) in [5, 5.41) is 16.0. The zero-order valence-corrected chi connectivity index (χ0v) is 11.8. The highest BCUT2D eigenvalue weighted by molar-refractivity contribution is 7.10. The smallest absolute Gasteiger partial charge is 0.0972 e. The summed E-state index contributed by atoms with van der Waals surface area (Å²) >= 11 is 1.65. The Morgan fingerprint density at radius 1 is 1.00 bits per heavy atom. The van der Waals surface area contributed by atoms with Gasteiger partial charge in [0.2, 0.25) is 0 Å². The molecule has 18 heavy (non-hydrogen) atoms. The molecule has 0 aliphatic rings. The van der Waals surface area contributed by atoms with Gasteiger partial charge >= 0.3 is 0 Å². The van der Waals surface area contributed by atoms with E-state index in [4.69, 9.17) is 0 Å². The van der Waals surface area contributed by atoms with E-state index >= 15 is 0 Å². The van der Waals surface area contributed by atoms with Gasteiger partial charge in [-0.25, -0.2) is 0 Å². The molecule has 0 aliphatic heterocycles. The van der Waals surface area contributed by atoms with Crippen molar-refractivity contribution in [3.8, 4) is 0 Å². The standard InChI is InChI=1S/C15H19NOS/c1-14(2,17)15(3,13-10-7-11-18-13)16-12-8-5-4-6-9-12/h4-11,16-17H,1-3H3. The Balaban J connectivity index is 2.39. The van der Waals surface area contributed by atoms with Crippen LogP contribution in [0.3, 0.4) is 0 Å². The second kappa shape index (κ2) is 4.75. The topological polar surface area (TPSA) is 32.3 Å². The molecule has 96 valence electrons. The van der Waals surface area contributed by atoms with Gasteiger partial charge in [-0.2, -0.15) is 0 Å². The zero-order valence-electron chi connectivity index (χ0n) is 11.0. The molecule has 0 radical (unpaired) electrons. The van der Waals surface area contributed by atoms with Crippen LogP contribution in [0, 0.1) is 0 Å². The minimum atomic E-state index is -0.867. The van der Waals surface area contributed by atoms with Crippen molar-refractivity contribution in [2.75, 3.05) is 5.32 Å². The molecular weight excluding hydrogens is 242 g/mol. The van der Waals surface area contributed by atoms with E-state index in [0.29, 0.717) is 0 Å². The van der Waals surface area contributed by atoms with E-state index in [-0.39, 0.29) is 0 Å². The molecule has 1 aromatic carbocycles. The van der Waals surface area contributed by atoms with Crippen LogP contribution < -0.4 is 5.32 Å². The number of anilines is 1. The maximum absolute atomic E-state index is 10.5. The molecule has 0 fully saturated rings. The second-order valence-electron chi connectivity index (χ2n) is 5.15. The molecule has 0 saturated carbocycles. The van der Waals surface area contributed by atoms with Gasteiger partial charge in [0.25, 0.3) is 0 Å². The van der Waals surface area contributed by atoms with E-state index in [1.54, 1.807) is 11.3 Å². The Kier molecular flexibility index (Phi) is 3.46. The van der Waals surface area contributed by atoms with Gasteiger partial charge in [-0.1, -0.05) is 24.3 Å². The van der Waals surface area contributed by atoms with Crippen molar-refractivity contribution in [1.82, 2.24) is 0 Å². The molecule has 1 unspecified atom stereocenters. The summed E-state index contributed by atoms with van der Waals surface area (Å²) in [6, 6.07) is 14.0. The molecule has 2 N–H and O–H groups in total. The first-order valence-electron chi connectivity index (χ1n) is 6.03. The van der Waals surface area contributed by atoms with Crippen LogP contribution >= 0.6 is 11.3 Å². The molecule has 0 aliphatic carbocycles. The molecule has 1 aromatic heterocycles. The zero-order chi connectivity index (χ0) is 13.2. The first kappa shape index (κ1) is 13.1. The third-order valence-corrected chi connectivity index (χ3v) is 4.50. The highest BCUT2D eigenvalue weighted by atomic mass is 32.1. The molecule has 2 nitrogen and oxygen atoms in total. The van der Waals surface area contributed by atoms with Gasteiger partial charge in [0.15, 0.2) is 0 Å². The predicted molar refractivity (Wildman–Crippen MR) is 78.0 cm³/mol. The van der Waals surface area contributed by atoms with Crippen LogP contribution in [0.2, 0.25) is 0 Å². The number of para-hydroxylation sites is 1. The molecule has 2 rings (SSSR count). The monoisotopic (exact) mass is 261 g/mol. The Morgan fingerprint density at radius 2 is 1.67 bits per heavy atom. The van der Waals surface area contributed by atoms with Crippen LogP contribution in [-0.2, 0) is 5.54 Å². The minimum absolute atomic E-state index is 0.511. The van der Waals surface area contributed by atoms with Gasteiger partial charge in [-0.05, 0) is 44.4 Å². The number of nitrogens with one attached hydrogen (secondary N) is 1. The average Bonchev–Trinajstić information content (AvgIpc) is 2.82. The summed E-state index contributed by atoms with van der Waals surface area (Å²) in [7, 11) is 0. The molecule has 0 saturated heterocycles. The summed E-state index contributed by atoms with van der Waals surface area (Å²) in [6.07, 6.45) is 0. The Bertz CT molecular complexity index is 487. The number of thiophene rings is 1. The highest BCUT2D eigenvalue weighted by Crippen LogP contribution is 2.38. The SMILES string of the molecule is CC(C)(O)C(C)(Nc1ccccc1)c1cccs1. The highest BCUT2D eigenvalue weighted by Gasteiger charge is 2.42. The Labute approximate surface area is 112 Å². The predicted octanol–water partition coefficient (Wildman–Crippen LogP) is 3.85. The lowest BCUT2D eigenvalue weighted by atomic mass is 9.82. The lowest BCUT2D eigenvalue weighted by Crippen LogP contribution is -2.50. The van der Waals surface area contributed by atoms with Crippen LogP contribution in [0.5, 0.6) is 0 Å². The number of hydrogen-bond donors (Lipinski definition) is 2. The quantitative estimate of drug-likeness (QED) is 0.876. The Morgan fingerprint density at radius 3 is 2.17 bits per heavy atom. The molecule has 2 aromatic rings. The van der Waals surface area contributed by atoms with Gasteiger partial charge < -0.3 is 10.4 Å². The first-order valence-corrected chi connectivity index (χ1v) is 6.91. The molecule has 0 amide bonds. The molecule has 0 bridgehead atoms. The maximum Gasteiger partial charge on any atom is 0.0972 e. The van der Waals surface area contributed by atoms with E-state index in [1.807, 2.05) is 62.5 Å². The summed E-state index contributed by atoms with van der Waals surface area (Å²) in [5.41, 5.74) is -0.369. The summed E-state index contributed by atoms with van der Waals surface area (Å²) < 4.78 is 0. The third-order valence-electron chi connectivity index (χ3n) is 3.41. The maximum atomic E-state index is 10.5. The third kappa shape index (κ3) is 2.42. The molecule has 0 spiro atoms.